The summed E-state index contributed by atoms with van der Waals surface area (Å²) in [5, 5.41) is 6.69. The minimum atomic E-state index is 0.625. The van der Waals surface area contributed by atoms with Gasteiger partial charge in [-0.1, -0.05) is 17.7 Å². The standard InChI is InChI=1S/C20H26N4/c1-15-8-9-18(14-16(15)2)23-20-22-13-11-19(24-20)21-12-10-17-6-4-3-5-7-17/h6,8-9,11,13-14H,3-5,7,10,12H2,1-2H3,(H2,21,22,23,24). The van der Waals surface area contributed by atoms with Crippen LogP contribution in [-0.2, 0) is 0 Å². The highest BCUT2D eigenvalue weighted by atomic mass is 15.1. The first-order valence-corrected chi connectivity index (χ1v) is 8.80. The van der Waals surface area contributed by atoms with Gasteiger partial charge in [-0.3, -0.25) is 0 Å². The number of rotatable bonds is 6. The van der Waals surface area contributed by atoms with Gasteiger partial charge < -0.3 is 10.6 Å². The van der Waals surface area contributed by atoms with Gasteiger partial charge in [-0.05, 0) is 75.3 Å². The first kappa shape index (κ1) is 16.5. The van der Waals surface area contributed by atoms with Crippen molar-refractivity contribution >= 4 is 17.5 Å². The molecule has 0 radical (unpaired) electrons. The van der Waals surface area contributed by atoms with Crippen LogP contribution in [0.1, 0.15) is 43.2 Å². The Morgan fingerprint density at radius 1 is 1.08 bits per heavy atom. The number of nitrogens with zero attached hydrogens (tertiary/aromatic N) is 2. The summed E-state index contributed by atoms with van der Waals surface area (Å²) in [4.78, 5) is 8.86. The van der Waals surface area contributed by atoms with E-state index in [2.05, 4.69) is 58.7 Å². The van der Waals surface area contributed by atoms with Crippen molar-refractivity contribution in [2.24, 2.45) is 0 Å². The van der Waals surface area contributed by atoms with Crippen LogP contribution in [0.2, 0.25) is 0 Å². The van der Waals surface area contributed by atoms with Gasteiger partial charge in [-0.25, -0.2) is 4.98 Å². The molecule has 0 saturated heterocycles. The van der Waals surface area contributed by atoms with Crippen molar-refractivity contribution in [3.63, 3.8) is 0 Å². The van der Waals surface area contributed by atoms with Crippen molar-refractivity contribution < 1.29 is 0 Å². The molecule has 1 aliphatic carbocycles. The van der Waals surface area contributed by atoms with Gasteiger partial charge in [-0.2, -0.15) is 4.98 Å². The summed E-state index contributed by atoms with van der Waals surface area (Å²) < 4.78 is 0. The van der Waals surface area contributed by atoms with Crippen LogP contribution in [0.5, 0.6) is 0 Å². The Bertz CT molecular complexity index is 721. The highest BCUT2D eigenvalue weighted by Gasteiger charge is 2.04. The summed E-state index contributed by atoms with van der Waals surface area (Å²) in [7, 11) is 0. The van der Waals surface area contributed by atoms with E-state index < -0.39 is 0 Å². The minimum Gasteiger partial charge on any atom is -0.370 e. The molecule has 2 aromatic rings. The zero-order valence-electron chi connectivity index (χ0n) is 14.6. The predicted octanol–water partition coefficient (Wildman–Crippen LogP) is 5.14. The van der Waals surface area contributed by atoms with Crippen molar-refractivity contribution in [2.45, 2.75) is 46.0 Å². The molecule has 1 aliphatic rings. The number of allylic oxidation sites excluding steroid dienone is 1. The maximum Gasteiger partial charge on any atom is 0.229 e. The molecule has 4 nitrogen and oxygen atoms in total. The van der Waals surface area contributed by atoms with Crippen molar-refractivity contribution in [1.82, 2.24) is 9.97 Å². The van der Waals surface area contributed by atoms with Crippen molar-refractivity contribution in [2.75, 3.05) is 17.2 Å². The number of anilines is 3. The van der Waals surface area contributed by atoms with Crippen LogP contribution in [0.15, 0.2) is 42.1 Å². The van der Waals surface area contributed by atoms with Gasteiger partial charge in [0.2, 0.25) is 5.95 Å². The Morgan fingerprint density at radius 3 is 2.79 bits per heavy atom. The molecular formula is C20H26N4. The molecule has 0 unspecified atom stereocenters. The Morgan fingerprint density at radius 2 is 2.00 bits per heavy atom. The second-order valence-electron chi connectivity index (χ2n) is 6.47. The maximum atomic E-state index is 4.55. The summed E-state index contributed by atoms with van der Waals surface area (Å²) >= 11 is 0. The third-order valence-corrected chi connectivity index (χ3v) is 4.56. The molecule has 0 atom stereocenters. The van der Waals surface area contributed by atoms with Crippen LogP contribution >= 0.6 is 0 Å². The molecule has 1 heterocycles. The van der Waals surface area contributed by atoms with E-state index in [9.17, 15) is 0 Å². The van der Waals surface area contributed by atoms with Gasteiger partial charge in [0.1, 0.15) is 5.82 Å². The molecule has 0 saturated carbocycles. The number of aryl methyl sites for hydroxylation is 2. The van der Waals surface area contributed by atoms with E-state index in [1.54, 1.807) is 11.8 Å². The van der Waals surface area contributed by atoms with Crippen molar-refractivity contribution in [3.8, 4) is 0 Å². The zero-order valence-corrected chi connectivity index (χ0v) is 14.6. The molecule has 0 bridgehead atoms. The Kier molecular flexibility index (Phi) is 5.47. The van der Waals surface area contributed by atoms with Gasteiger partial charge >= 0.3 is 0 Å². The topological polar surface area (TPSA) is 49.8 Å². The van der Waals surface area contributed by atoms with Gasteiger partial charge in [0, 0.05) is 18.4 Å². The Balaban J connectivity index is 1.57. The number of aromatic nitrogens is 2. The smallest absolute Gasteiger partial charge is 0.229 e. The van der Waals surface area contributed by atoms with Gasteiger partial charge in [-0.15, -0.1) is 0 Å². The summed E-state index contributed by atoms with van der Waals surface area (Å²) in [6, 6.07) is 8.20. The second-order valence-corrected chi connectivity index (χ2v) is 6.47. The average Bonchev–Trinajstić information content (AvgIpc) is 2.60. The number of hydrogen-bond acceptors (Lipinski definition) is 4. The third kappa shape index (κ3) is 4.57. The van der Waals surface area contributed by atoms with Crippen molar-refractivity contribution in [3.05, 3.63) is 53.2 Å². The summed E-state index contributed by atoms with van der Waals surface area (Å²) in [5.74, 6) is 1.49. The number of hydrogen-bond donors (Lipinski definition) is 2. The van der Waals surface area contributed by atoms with Gasteiger partial charge in [0.25, 0.3) is 0 Å². The SMILES string of the molecule is Cc1ccc(Nc2nccc(NCCC3=CCCCC3)n2)cc1C. The molecular weight excluding hydrogens is 296 g/mol. The lowest BCUT2D eigenvalue weighted by Gasteiger charge is -2.13. The molecule has 0 aliphatic heterocycles. The van der Waals surface area contributed by atoms with Crippen molar-refractivity contribution in [1.29, 1.82) is 0 Å². The quantitative estimate of drug-likeness (QED) is 0.723. The van der Waals surface area contributed by atoms with E-state index >= 15 is 0 Å². The highest BCUT2D eigenvalue weighted by molar-refractivity contribution is 5.56. The van der Waals surface area contributed by atoms with Crippen LogP contribution < -0.4 is 10.6 Å². The molecule has 0 fully saturated rings. The lowest BCUT2D eigenvalue weighted by atomic mass is 9.97. The first-order chi connectivity index (χ1) is 11.7. The first-order valence-electron chi connectivity index (χ1n) is 8.80. The summed E-state index contributed by atoms with van der Waals surface area (Å²) in [5.41, 5.74) is 5.14. The molecule has 126 valence electrons. The Labute approximate surface area is 144 Å². The largest absolute Gasteiger partial charge is 0.370 e. The fourth-order valence-electron chi connectivity index (χ4n) is 2.95. The maximum absolute atomic E-state index is 4.55. The minimum absolute atomic E-state index is 0.625. The van der Waals surface area contributed by atoms with E-state index in [0.717, 1.165) is 24.5 Å². The molecule has 4 heteroatoms. The molecule has 3 rings (SSSR count). The van der Waals surface area contributed by atoms with E-state index in [-0.39, 0.29) is 0 Å². The summed E-state index contributed by atoms with van der Waals surface area (Å²) in [6.45, 7) is 5.15. The molecule has 0 spiro atoms. The van der Waals surface area contributed by atoms with Crippen LogP contribution in [0.25, 0.3) is 0 Å². The normalized spacial score (nSPS) is 14.2. The molecule has 1 aromatic carbocycles. The Hall–Kier alpha value is -2.36. The van der Waals surface area contributed by atoms with Gasteiger partial charge in [0.15, 0.2) is 0 Å². The fourth-order valence-corrected chi connectivity index (χ4v) is 2.95. The van der Waals surface area contributed by atoms with Crippen LogP contribution in [0.4, 0.5) is 17.5 Å². The van der Waals surface area contributed by atoms with E-state index in [0.29, 0.717) is 5.95 Å². The average molecular weight is 322 g/mol. The lowest BCUT2D eigenvalue weighted by molar-refractivity contribution is 0.679. The van der Waals surface area contributed by atoms with E-state index in [1.807, 2.05) is 6.07 Å². The van der Waals surface area contributed by atoms with Crippen LogP contribution in [0.3, 0.4) is 0 Å². The van der Waals surface area contributed by atoms with Crippen LogP contribution in [-0.4, -0.2) is 16.5 Å². The van der Waals surface area contributed by atoms with Gasteiger partial charge in [0.05, 0.1) is 0 Å². The molecule has 24 heavy (non-hydrogen) atoms. The lowest BCUT2D eigenvalue weighted by Crippen LogP contribution is -2.07. The molecule has 1 aromatic heterocycles. The number of nitrogens with one attached hydrogen (secondary N) is 2. The summed E-state index contributed by atoms with van der Waals surface area (Å²) in [6.07, 6.45) is 10.5. The third-order valence-electron chi connectivity index (χ3n) is 4.56. The number of benzene rings is 1. The highest BCUT2D eigenvalue weighted by Crippen LogP contribution is 2.20. The van der Waals surface area contributed by atoms with Crippen LogP contribution in [0, 0.1) is 13.8 Å². The fraction of sp³-hybridized carbons (Fsp3) is 0.400. The van der Waals surface area contributed by atoms with E-state index in [1.165, 1.54) is 36.8 Å². The second kappa shape index (κ2) is 7.95. The predicted molar refractivity (Wildman–Crippen MR) is 101 cm³/mol. The monoisotopic (exact) mass is 322 g/mol. The molecule has 2 N–H and O–H groups in total. The molecule has 0 amide bonds. The zero-order chi connectivity index (χ0) is 16.8. The van der Waals surface area contributed by atoms with E-state index in [4.69, 9.17) is 0 Å².